The fraction of sp³-hybridized carbons (Fsp3) is 0.120. The highest BCUT2D eigenvalue weighted by molar-refractivity contribution is 6.08. The van der Waals surface area contributed by atoms with Gasteiger partial charge in [-0.2, -0.15) is 0 Å². The summed E-state index contributed by atoms with van der Waals surface area (Å²) in [6.07, 6.45) is 0. The number of ether oxygens (including phenoxy) is 1. The normalized spacial score (nSPS) is 13.1. The topological polar surface area (TPSA) is 9.23 Å². The van der Waals surface area contributed by atoms with Crippen molar-refractivity contribution in [3.8, 4) is 22.3 Å². The third-order valence-electron chi connectivity index (χ3n) is 5.43. The molecule has 1 heteroatoms. The highest BCUT2D eigenvalue weighted by Crippen LogP contribution is 2.45. The van der Waals surface area contributed by atoms with Gasteiger partial charge in [-0.25, -0.2) is 0 Å². The maximum atomic E-state index is 5.90. The van der Waals surface area contributed by atoms with Gasteiger partial charge in [0, 0.05) is 0 Å². The molecule has 1 aliphatic rings. The molecule has 4 aromatic rings. The van der Waals surface area contributed by atoms with Crippen molar-refractivity contribution in [1.82, 2.24) is 0 Å². The predicted octanol–water partition coefficient (Wildman–Crippen LogP) is 6.51. The zero-order chi connectivity index (χ0) is 17.5. The van der Waals surface area contributed by atoms with Crippen LogP contribution >= 0.6 is 0 Å². The predicted molar refractivity (Wildman–Crippen MR) is 108 cm³/mol. The Bertz CT molecular complexity index is 1100. The first kappa shape index (κ1) is 15.4. The average Bonchev–Trinajstić information content (AvgIpc) is 2.71. The zero-order valence-electron chi connectivity index (χ0n) is 14.8. The number of benzene rings is 4. The molecule has 0 aliphatic carbocycles. The molecule has 26 heavy (non-hydrogen) atoms. The van der Waals surface area contributed by atoms with Crippen molar-refractivity contribution in [3.63, 3.8) is 0 Å². The van der Waals surface area contributed by atoms with E-state index >= 15 is 0 Å². The van der Waals surface area contributed by atoms with Crippen LogP contribution in [0.25, 0.3) is 33.0 Å². The molecule has 1 heterocycles. The van der Waals surface area contributed by atoms with Gasteiger partial charge in [0.15, 0.2) is 0 Å². The molecule has 0 N–H and O–H groups in total. The summed E-state index contributed by atoms with van der Waals surface area (Å²) in [5.41, 5.74) is 9.14. The van der Waals surface area contributed by atoms with Gasteiger partial charge in [-0.1, -0.05) is 78.9 Å². The van der Waals surface area contributed by atoms with Gasteiger partial charge in [-0.15, -0.1) is 0 Å². The lowest BCUT2D eigenvalue weighted by atomic mass is 9.82. The molecular formula is C25H20O. The monoisotopic (exact) mass is 336 g/mol. The minimum atomic E-state index is 0.689. The van der Waals surface area contributed by atoms with Crippen LogP contribution in [0.3, 0.4) is 0 Å². The molecule has 5 rings (SSSR count). The van der Waals surface area contributed by atoms with Crippen molar-refractivity contribution in [1.29, 1.82) is 0 Å². The van der Waals surface area contributed by atoms with Crippen LogP contribution in [0.15, 0.2) is 78.9 Å². The van der Waals surface area contributed by atoms with E-state index in [1.165, 1.54) is 49.7 Å². The third kappa shape index (κ3) is 2.28. The summed E-state index contributed by atoms with van der Waals surface area (Å²) in [5, 5.41) is 2.71. The molecule has 0 fully saturated rings. The van der Waals surface area contributed by atoms with Gasteiger partial charge in [0.05, 0.1) is 13.2 Å². The minimum absolute atomic E-state index is 0.689. The Morgan fingerprint density at radius 3 is 2.00 bits per heavy atom. The van der Waals surface area contributed by atoms with Crippen LogP contribution in [0.1, 0.15) is 16.7 Å². The Morgan fingerprint density at radius 1 is 0.654 bits per heavy atom. The van der Waals surface area contributed by atoms with Crippen LogP contribution in [0.4, 0.5) is 0 Å². The molecule has 0 radical (unpaired) electrons. The van der Waals surface area contributed by atoms with E-state index in [2.05, 4.69) is 85.8 Å². The quantitative estimate of drug-likeness (QED) is 0.405. The van der Waals surface area contributed by atoms with Crippen LogP contribution in [0.5, 0.6) is 0 Å². The Labute approximate surface area is 153 Å². The van der Waals surface area contributed by atoms with Crippen molar-refractivity contribution in [2.75, 3.05) is 0 Å². The Kier molecular flexibility index (Phi) is 3.62. The molecule has 0 saturated carbocycles. The lowest BCUT2D eigenvalue weighted by Crippen LogP contribution is -2.08. The molecule has 0 aromatic heterocycles. The maximum Gasteiger partial charge on any atom is 0.0730 e. The highest BCUT2D eigenvalue weighted by Gasteiger charge is 2.23. The van der Waals surface area contributed by atoms with Gasteiger partial charge >= 0.3 is 0 Å². The third-order valence-corrected chi connectivity index (χ3v) is 5.43. The van der Waals surface area contributed by atoms with Crippen LogP contribution in [-0.2, 0) is 18.0 Å². The van der Waals surface area contributed by atoms with E-state index in [0.29, 0.717) is 13.2 Å². The van der Waals surface area contributed by atoms with Crippen LogP contribution in [0, 0.1) is 6.92 Å². The Balaban J connectivity index is 1.99. The van der Waals surface area contributed by atoms with E-state index in [1.54, 1.807) is 0 Å². The number of rotatable bonds is 2. The summed E-state index contributed by atoms with van der Waals surface area (Å²) >= 11 is 0. The van der Waals surface area contributed by atoms with Crippen LogP contribution in [0.2, 0.25) is 0 Å². The molecule has 126 valence electrons. The van der Waals surface area contributed by atoms with E-state index in [9.17, 15) is 0 Å². The SMILES string of the molecule is Cc1c(-c2ccccc2)c(-c2ccccc2)c2cccc3c2c1COC3. The molecule has 0 saturated heterocycles. The van der Waals surface area contributed by atoms with Gasteiger partial charge in [-0.05, 0) is 56.6 Å². The molecule has 0 unspecified atom stereocenters. The first-order valence-corrected chi connectivity index (χ1v) is 9.10. The summed E-state index contributed by atoms with van der Waals surface area (Å²) in [6, 6.07) is 28.1. The summed E-state index contributed by atoms with van der Waals surface area (Å²) in [5.74, 6) is 0. The average molecular weight is 336 g/mol. The van der Waals surface area contributed by atoms with E-state index in [4.69, 9.17) is 4.74 Å². The van der Waals surface area contributed by atoms with Crippen molar-refractivity contribution in [2.24, 2.45) is 0 Å². The van der Waals surface area contributed by atoms with E-state index in [-0.39, 0.29) is 0 Å². The summed E-state index contributed by atoms with van der Waals surface area (Å²) in [7, 11) is 0. The molecule has 0 atom stereocenters. The molecule has 0 spiro atoms. The van der Waals surface area contributed by atoms with E-state index in [0.717, 1.165) is 0 Å². The lowest BCUT2D eigenvalue weighted by Gasteiger charge is -2.26. The highest BCUT2D eigenvalue weighted by atomic mass is 16.5. The fourth-order valence-corrected chi connectivity index (χ4v) is 4.26. The van der Waals surface area contributed by atoms with Gasteiger partial charge in [0.25, 0.3) is 0 Å². The molecular weight excluding hydrogens is 316 g/mol. The molecule has 1 nitrogen and oxygen atoms in total. The van der Waals surface area contributed by atoms with Crippen molar-refractivity contribution in [2.45, 2.75) is 20.1 Å². The minimum Gasteiger partial charge on any atom is -0.372 e. The Morgan fingerprint density at radius 2 is 1.31 bits per heavy atom. The smallest absolute Gasteiger partial charge is 0.0730 e. The first-order chi connectivity index (χ1) is 12.8. The fourth-order valence-electron chi connectivity index (χ4n) is 4.26. The Hall–Kier alpha value is -2.90. The van der Waals surface area contributed by atoms with Gasteiger partial charge < -0.3 is 4.74 Å². The first-order valence-electron chi connectivity index (χ1n) is 9.10. The van der Waals surface area contributed by atoms with Gasteiger partial charge in [-0.3, -0.25) is 0 Å². The second kappa shape index (κ2) is 6.12. The van der Waals surface area contributed by atoms with E-state index in [1.807, 2.05) is 0 Å². The van der Waals surface area contributed by atoms with Crippen LogP contribution in [-0.4, -0.2) is 0 Å². The number of hydrogen-bond donors (Lipinski definition) is 0. The molecule has 4 aromatic carbocycles. The summed E-state index contributed by atoms with van der Waals surface area (Å²) in [6.45, 7) is 3.63. The second-order valence-electron chi connectivity index (χ2n) is 6.92. The lowest BCUT2D eigenvalue weighted by molar-refractivity contribution is 0.103. The van der Waals surface area contributed by atoms with Crippen molar-refractivity contribution in [3.05, 3.63) is 95.6 Å². The summed E-state index contributed by atoms with van der Waals surface area (Å²) in [4.78, 5) is 0. The molecule has 1 aliphatic heterocycles. The van der Waals surface area contributed by atoms with Crippen molar-refractivity contribution < 1.29 is 4.74 Å². The van der Waals surface area contributed by atoms with Crippen LogP contribution < -0.4 is 0 Å². The standard InChI is InChI=1S/C25H20O/c1-17-22-16-26-15-20-13-8-14-21(24(20)22)25(19-11-6-3-7-12-19)23(17)18-9-4-2-5-10-18/h2-14H,15-16H2,1H3. The van der Waals surface area contributed by atoms with Gasteiger partial charge in [0.1, 0.15) is 0 Å². The molecule has 0 amide bonds. The molecule has 0 bridgehead atoms. The largest absolute Gasteiger partial charge is 0.372 e. The zero-order valence-corrected chi connectivity index (χ0v) is 14.8. The van der Waals surface area contributed by atoms with Gasteiger partial charge in [0.2, 0.25) is 0 Å². The maximum absolute atomic E-state index is 5.90. The second-order valence-corrected chi connectivity index (χ2v) is 6.92. The summed E-state index contributed by atoms with van der Waals surface area (Å²) < 4.78 is 5.90. The number of hydrogen-bond acceptors (Lipinski definition) is 1. The van der Waals surface area contributed by atoms with E-state index < -0.39 is 0 Å². The van der Waals surface area contributed by atoms with Crippen molar-refractivity contribution >= 4 is 10.8 Å².